The summed E-state index contributed by atoms with van der Waals surface area (Å²) >= 11 is 1.49. The van der Waals surface area contributed by atoms with Crippen molar-refractivity contribution < 1.29 is 9.21 Å². The molecule has 0 bridgehead atoms. The molecule has 2 aromatic heterocycles. The molecule has 1 amide bonds. The van der Waals surface area contributed by atoms with Gasteiger partial charge in [-0.25, -0.2) is 0 Å². The van der Waals surface area contributed by atoms with Gasteiger partial charge in [-0.1, -0.05) is 41.5 Å². The Balaban J connectivity index is 1.64. The number of aromatic nitrogens is 2. The molecule has 0 saturated carbocycles. The Labute approximate surface area is 125 Å². The molecule has 1 N–H and O–H groups in total. The van der Waals surface area contributed by atoms with Crippen molar-refractivity contribution in [3.8, 4) is 10.8 Å². The summed E-state index contributed by atoms with van der Waals surface area (Å²) in [6.45, 7) is 0. The second-order valence-corrected chi connectivity index (χ2v) is 5.07. The van der Waals surface area contributed by atoms with E-state index in [1.165, 1.54) is 17.4 Å². The number of amides is 1. The second-order valence-electron chi connectivity index (χ2n) is 4.12. The lowest BCUT2D eigenvalue weighted by atomic mass is 10.2. The van der Waals surface area contributed by atoms with Gasteiger partial charge in [0, 0.05) is 6.08 Å². The van der Waals surface area contributed by atoms with E-state index in [4.69, 9.17) is 4.42 Å². The number of benzene rings is 1. The molecule has 5 nitrogen and oxygen atoms in total. The summed E-state index contributed by atoms with van der Waals surface area (Å²) in [6, 6.07) is 13.4. The first-order chi connectivity index (χ1) is 10.3. The van der Waals surface area contributed by atoms with Crippen molar-refractivity contribution in [2.75, 3.05) is 5.32 Å². The van der Waals surface area contributed by atoms with Gasteiger partial charge in [0.25, 0.3) is 11.8 Å². The highest BCUT2D eigenvalue weighted by Crippen LogP contribution is 2.24. The third-order valence-corrected chi connectivity index (χ3v) is 3.47. The van der Waals surface area contributed by atoms with E-state index < -0.39 is 0 Å². The van der Waals surface area contributed by atoms with Crippen LogP contribution in [-0.4, -0.2) is 16.1 Å². The average Bonchev–Trinajstić information content (AvgIpc) is 3.17. The molecule has 0 spiro atoms. The Bertz CT molecular complexity index is 748. The molecule has 104 valence electrons. The minimum atomic E-state index is -0.319. The summed E-state index contributed by atoms with van der Waals surface area (Å²) in [7, 11) is 0. The normalized spacial score (nSPS) is 10.9. The van der Waals surface area contributed by atoms with Crippen LogP contribution in [0.1, 0.15) is 5.56 Å². The molecule has 0 atom stereocenters. The summed E-state index contributed by atoms with van der Waals surface area (Å²) in [5, 5.41) is 12.1. The molecule has 3 aromatic rings. The van der Waals surface area contributed by atoms with Gasteiger partial charge in [0.15, 0.2) is 0 Å². The van der Waals surface area contributed by atoms with Crippen molar-refractivity contribution in [3.05, 3.63) is 59.5 Å². The number of rotatable bonds is 4. The van der Waals surface area contributed by atoms with Crippen LogP contribution >= 0.6 is 11.3 Å². The van der Waals surface area contributed by atoms with Crippen molar-refractivity contribution >= 4 is 29.3 Å². The van der Waals surface area contributed by atoms with Crippen LogP contribution in [0.2, 0.25) is 0 Å². The van der Waals surface area contributed by atoms with Crippen LogP contribution in [0, 0.1) is 0 Å². The minimum Gasteiger partial charge on any atom is -0.402 e. The van der Waals surface area contributed by atoms with Crippen LogP contribution in [0.4, 0.5) is 6.01 Å². The van der Waals surface area contributed by atoms with Gasteiger partial charge in [0.2, 0.25) is 0 Å². The fourth-order valence-corrected chi connectivity index (χ4v) is 2.30. The van der Waals surface area contributed by atoms with E-state index in [0.29, 0.717) is 5.89 Å². The van der Waals surface area contributed by atoms with Crippen molar-refractivity contribution in [2.45, 2.75) is 0 Å². The Kier molecular flexibility index (Phi) is 3.88. The average molecular weight is 297 g/mol. The quantitative estimate of drug-likeness (QED) is 0.749. The first kappa shape index (κ1) is 13.3. The summed E-state index contributed by atoms with van der Waals surface area (Å²) in [4.78, 5) is 12.6. The van der Waals surface area contributed by atoms with Crippen LogP contribution in [0.25, 0.3) is 16.8 Å². The zero-order chi connectivity index (χ0) is 14.5. The molecule has 0 aliphatic heterocycles. The van der Waals surface area contributed by atoms with Crippen LogP contribution in [-0.2, 0) is 4.79 Å². The number of anilines is 1. The highest BCUT2D eigenvalue weighted by atomic mass is 32.1. The van der Waals surface area contributed by atoms with E-state index in [9.17, 15) is 4.79 Å². The summed E-state index contributed by atoms with van der Waals surface area (Å²) in [5.41, 5.74) is 0.942. The summed E-state index contributed by atoms with van der Waals surface area (Å²) in [5.74, 6) is 0.0765. The van der Waals surface area contributed by atoms with Gasteiger partial charge in [-0.2, -0.15) is 0 Å². The molecule has 3 rings (SSSR count). The Hall–Kier alpha value is -2.73. The number of thiophene rings is 1. The molecule has 21 heavy (non-hydrogen) atoms. The van der Waals surface area contributed by atoms with Crippen molar-refractivity contribution in [2.24, 2.45) is 0 Å². The molecule has 0 fully saturated rings. The predicted molar refractivity (Wildman–Crippen MR) is 81.7 cm³/mol. The molecule has 0 saturated heterocycles. The molecular weight excluding hydrogens is 286 g/mol. The van der Waals surface area contributed by atoms with Gasteiger partial charge in [-0.05, 0) is 23.1 Å². The first-order valence-corrected chi connectivity index (χ1v) is 7.11. The highest BCUT2D eigenvalue weighted by Gasteiger charge is 2.10. The lowest BCUT2D eigenvalue weighted by molar-refractivity contribution is -0.112. The van der Waals surface area contributed by atoms with Gasteiger partial charge in [0.1, 0.15) is 0 Å². The van der Waals surface area contributed by atoms with Gasteiger partial charge in [0.05, 0.1) is 4.88 Å². The Morgan fingerprint density at radius 1 is 1.14 bits per heavy atom. The van der Waals surface area contributed by atoms with Gasteiger partial charge in [-0.15, -0.1) is 16.4 Å². The van der Waals surface area contributed by atoms with Crippen molar-refractivity contribution in [1.29, 1.82) is 0 Å². The van der Waals surface area contributed by atoms with E-state index in [0.717, 1.165) is 10.4 Å². The third kappa shape index (κ3) is 3.43. The summed E-state index contributed by atoms with van der Waals surface area (Å²) in [6.07, 6.45) is 3.14. The largest absolute Gasteiger partial charge is 0.402 e. The molecule has 0 aliphatic rings. The van der Waals surface area contributed by atoms with E-state index in [2.05, 4.69) is 15.5 Å². The van der Waals surface area contributed by atoms with Crippen LogP contribution in [0.3, 0.4) is 0 Å². The fraction of sp³-hybridized carbons (Fsp3) is 0. The fourth-order valence-electron chi connectivity index (χ4n) is 1.66. The zero-order valence-corrected chi connectivity index (χ0v) is 11.7. The lowest BCUT2D eigenvalue weighted by Gasteiger charge is -1.94. The zero-order valence-electron chi connectivity index (χ0n) is 10.9. The topological polar surface area (TPSA) is 68.0 Å². The van der Waals surface area contributed by atoms with E-state index in [-0.39, 0.29) is 11.9 Å². The molecule has 2 heterocycles. The minimum absolute atomic E-state index is 0.0844. The van der Waals surface area contributed by atoms with Crippen LogP contribution in [0.15, 0.2) is 58.3 Å². The standard InChI is InChI=1S/C15H11N3O2S/c19-13(9-8-11-5-2-1-3-6-11)16-15-18-17-14(20-15)12-7-4-10-21-12/h1-10H,(H,16,18,19). The molecule has 0 unspecified atom stereocenters. The highest BCUT2D eigenvalue weighted by molar-refractivity contribution is 7.13. The Morgan fingerprint density at radius 3 is 2.76 bits per heavy atom. The monoisotopic (exact) mass is 297 g/mol. The molecular formula is C15H11N3O2S. The van der Waals surface area contributed by atoms with Crippen LogP contribution in [0.5, 0.6) is 0 Å². The second kappa shape index (κ2) is 6.15. The first-order valence-electron chi connectivity index (χ1n) is 6.23. The van der Waals surface area contributed by atoms with E-state index in [1.807, 2.05) is 47.8 Å². The summed E-state index contributed by atoms with van der Waals surface area (Å²) < 4.78 is 5.37. The van der Waals surface area contributed by atoms with Gasteiger partial charge >= 0.3 is 6.01 Å². The number of hydrogen-bond acceptors (Lipinski definition) is 5. The molecule has 6 heteroatoms. The Morgan fingerprint density at radius 2 is 2.00 bits per heavy atom. The number of carbonyl (C=O) groups is 1. The SMILES string of the molecule is O=C(C=Cc1ccccc1)Nc1nnc(-c2cccs2)o1. The van der Waals surface area contributed by atoms with E-state index >= 15 is 0 Å². The van der Waals surface area contributed by atoms with Crippen molar-refractivity contribution in [1.82, 2.24) is 10.2 Å². The van der Waals surface area contributed by atoms with Gasteiger partial charge < -0.3 is 4.42 Å². The molecule has 0 radical (unpaired) electrons. The molecule has 0 aliphatic carbocycles. The van der Waals surface area contributed by atoms with Crippen LogP contribution < -0.4 is 5.32 Å². The maximum absolute atomic E-state index is 11.8. The lowest BCUT2D eigenvalue weighted by Crippen LogP contribution is -2.07. The maximum Gasteiger partial charge on any atom is 0.322 e. The third-order valence-electron chi connectivity index (χ3n) is 2.61. The predicted octanol–water partition coefficient (Wildman–Crippen LogP) is 3.45. The smallest absolute Gasteiger partial charge is 0.322 e. The molecule has 1 aromatic carbocycles. The number of nitrogens with zero attached hydrogens (tertiary/aromatic N) is 2. The van der Waals surface area contributed by atoms with Gasteiger partial charge in [-0.3, -0.25) is 10.1 Å². The number of carbonyl (C=O) groups excluding carboxylic acids is 1. The van der Waals surface area contributed by atoms with E-state index in [1.54, 1.807) is 6.08 Å². The maximum atomic E-state index is 11.8. The number of hydrogen-bond donors (Lipinski definition) is 1. The number of nitrogens with one attached hydrogen (secondary N) is 1. The van der Waals surface area contributed by atoms with Crippen molar-refractivity contribution in [3.63, 3.8) is 0 Å².